The number of nitrogens with one attached hydrogen (secondary N) is 1. The third-order valence-corrected chi connectivity index (χ3v) is 3.32. The highest BCUT2D eigenvalue weighted by molar-refractivity contribution is 5.37. The monoisotopic (exact) mass is 236 g/mol. The van der Waals surface area contributed by atoms with E-state index >= 15 is 0 Å². The van der Waals surface area contributed by atoms with Crippen LogP contribution in [0.4, 0.5) is 5.82 Å². The van der Waals surface area contributed by atoms with Crippen LogP contribution in [0.25, 0.3) is 0 Å². The molecule has 1 N–H and O–H groups in total. The van der Waals surface area contributed by atoms with E-state index in [4.69, 9.17) is 0 Å². The average Bonchev–Trinajstić information content (AvgIpc) is 2.37. The number of nitrogens with zero attached hydrogens (tertiary/aromatic N) is 3. The lowest BCUT2D eigenvalue weighted by Gasteiger charge is -2.34. The SMILES string of the molecule is CCN(c1nccn(C)c1=O)C1CCCNC1. The summed E-state index contributed by atoms with van der Waals surface area (Å²) >= 11 is 0. The fraction of sp³-hybridized carbons (Fsp3) is 0.667. The van der Waals surface area contributed by atoms with Gasteiger partial charge in [-0.1, -0.05) is 0 Å². The van der Waals surface area contributed by atoms with Crippen LogP contribution >= 0.6 is 0 Å². The molecule has 0 aromatic carbocycles. The van der Waals surface area contributed by atoms with E-state index in [-0.39, 0.29) is 5.56 Å². The summed E-state index contributed by atoms with van der Waals surface area (Å²) in [7, 11) is 1.76. The van der Waals surface area contributed by atoms with Gasteiger partial charge in [-0.15, -0.1) is 0 Å². The zero-order valence-corrected chi connectivity index (χ0v) is 10.5. The maximum Gasteiger partial charge on any atom is 0.293 e. The van der Waals surface area contributed by atoms with Crippen molar-refractivity contribution in [3.63, 3.8) is 0 Å². The van der Waals surface area contributed by atoms with Crippen molar-refractivity contribution in [1.29, 1.82) is 0 Å². The van der Waals surface area contributed by atoms with Crippen LogP contribution in [0.2, 0.25) is 0 Å². The van der Waals surface area contributed by atoms with Crippen molar-refractivity contribution in [3.05, 3.63) is 22.7 Å². The molecule has 0 saturated carbocycles. The topological polar surface area (TPSA) is 50.2 Å². The second-order valence-electron chi connectivity index (χ2n) is 4.45. The van der Waals surface area contributed by atoms with Crippen LogP contribution in [0.5, 0.6) is 0 Å². The molecule has 0 radical (unpaired) electrons. The molecule has 5 heteroatoms. The van der Waals surface area contributed by atoms with E-state index in [9.17, 15) is 4.79 Å². The molecule has 1 unspecified atom stereocenters. The maximum absolute atomic E-state index is 12.1. The van der Waals surface area contributed by atoms with Crippen molar-refractivity contribution in [1.82, 2.24) is 14.9 Å². The molecule has 1 aromatic heterocycles. The third-order valence-electron chi connectivity index (χ3n) is 3.32. The maximum atomic E-state index is 12.1. The number of hydrogen-bond donors (Lipinski definition) is 1. The summed E-state index contributed by atoms with van der Waals surface area (Å²) in [6.45, 7) is 4.91. The zero-order valence-electron chi connectivity index (χ0n) is 10.5. The van der Waals surface area contributed by atoms with Gasteiger partial charge in [-0.2, -0.15) is 0 Å². The van der Waals surface area contributed by atoms with Crippen LogP contribution < -0.4 is 15.8 Å². The second-order valence-corrected chi connectivity index (χ2v) is 4.45. The van der Waals surface area contributed by atoms with Crippen molar-refractivity contribution < 1.29 is 0 Å². The molecule has 5 nitrogen and oxygen atoms in total. The van der Waals surface area contributed by atoms with Crippen LogP contribution in [-0.4, -0.2) is 35.2 Å². The molecule has 0 aliphatic carbocycles. The largest absolute Gasteiger partial charge is 0.348 e. The number of aromatic nitrogens is 2. The third kappa shape index (κ3) is 2.49. The highest BCUT2D eigenvalue weighted by Crippen LogP contribution is 2.14. The Labute approximate surface area is 101 Å². The predicted molar refractivity (Wildman–Crippen MR) is 68.4 cm³/mol. The van der Waals surface area contributed by atoms with Gasteiger partial charge in [0.25, 0.3) is 5.56 Å². The van der Waals surface area contributed by atoms with Crippen LogP contribution in [-0.2, 0) is 7.05 Å². The highest BCUT2D eigenvalue weighted by atomic mass is 16.1. The Morgan fingerprint density at radius 1 is 1.65 bits per heavy atom. The summed E-state index contributed by atoms with van der Waals surface area (Å²) in [4.78, 5) is 18.4. The molecule has 0 amide bonds. The predicted octanol–water partition coefficient (Wildman–Crippen LogP) is 0.359. The van der Waals surface area contributed by atoms with Gasteiger partial charge in [0, 0.05) is 38.6 Å². The van der Waals surface area contributed by atoms with Gasteiger partial charge in [-0.05, 0) is 26.3 Å². The minimum absolute atomic E-state index is 0.0140. The number of rotatable bonds is 3. The van der Waals surface area contributed by atoms with Crippen molar-refractivity contribution in [2.75, 3.05) is 24.5 Å². The van der Waals surface area contributed by atoms with E-state index in [2.05, 4.69) is 22.1 Å². The molecule has 1 aromatic rings. The van der Waals surface area contributed by atoms with E-state index in [0.29, 0.717) is 11.9 Å². The van der Waals surface area contributed by atoms with E-state index < -0.39 is 0 Å². The number of anilines is 1. The summed E-state index contributed by atoms with van der Waals surface area (Å²) in [5, 5.41) is 3.38. The number of aryl methyl sites for hydroxylation is 1. The van der Waals surface area contributed by atoms with Crippen molar-refractivity contribution in [2.45, 2.75) is 25.8 Å². The minimum Gasteiger partial charge on any atom is -0.348 e. The van der Waals surface area contributed by atoms with Gasteiger partial charge in [-0.3, -0.25) is 4.79 Å². The summed E-state index contributed by atoms with van der Waals surface area (Å²) in [6, 6.07) is 0.386. The van der Waals surface area contributed by atoms with Crippen LogP contribution in [0.3, 0.4) is 0 Å². The van der Waals surface area contributed by atoms with Crippen molar-refractivity contribution in [3.8, 4) is 0 Å². The lowest BCUT2D eigenvalue weighted by Crippen LogP contribution is -2.48. The standard InChI is InChI=1S/C12H20N4O/c1-3-16(10-5-4-6-13-9-10)11-12(17)15(2)8-7-14-11/h7-8,10,13H,3-6,9H2,1-2H3. The number of piperidine rings is 1. The highest BCUT2D eigenvalue weighted by Gasteiger charge is 2.22. The average molecular weight is 236 g/mol. The van der Waals surface area contributed by atoms with Crippen molar-refractivity contribution in [2.24, 2.45) is 7.05 Å². The Morgan fingerprint density at radius 2 is 2.47 bits per heavy atom. The lowest BCUT2D eigenvalue weighted by molar-refractivity contribution is 0.432. The van der Waals surface area contributed by atoms with Gasteiger partial charge in [0.15, 0.2) is 5.82 Å². The van der Waals surface area contributed by atoms with Gasteiger partial charge < -0.3 is 14.8 Å². The molecular formula is C12H20N4O. The van der Waals surface area contributed by atoms with Gasteiger partial charge in [-0.25, -0.2) is 4.98 Å². The number of likely N-dealkylation sites (N-methyl/N-ethyl adjacent to an activating group) is 1. The first kappa shape index (κ1) is 12.1. The molecule has 0 bridgehead atoms. The normalized spacial score (nSPS) is 20.2. The Bertz CT molecular complexity index is 423. The summed E-state index contributed by atoms with van der Waals surface area (Å²) in [5.74, 6) is 0.575. The smallest absolute Gasteiger partial charge is 0.293 e. The van der Waals surface area contributed by atoms with Gasteiger partial charge in [0.1, 0.15) is 0 Å². The fourth-order valence-electron chi connectivity index (χ4n) is 2.36. The molecule has 2 rings (SSSR count). The number of hydrogen-bond acceptors (Lipinski definition) is 4. The van der Waals surface area contributed by atoms with E-state index in [1.165, 1.54) is 0 Å². The van der Waals surface area contributed by atoms with Crippen LogP contribution in [0, 0.1) is 0 Å². The van der Waals surface area contributed by atoms with Gasteiger partial charge in [0.2, 0.25) is 0 Å². The van der Waals surface area contributed by atoms with Crippen LogP contribution in [0.1, 0.15) is 19.8 Å². The Morgan fingerprint density at radius 3 is 3.12 bits per heavy atom. The summed E-state index contributed by atoms with van der Waals surface area (Å²) < 4.78 is 1.58. The Balaban J connectivity index is 2.28. The Hall–Kier alpha value is -1.36. The molecule has 17 heavy (non-hydrogen) atoms. The lowest BCUT2D eigenvalue weighted by atomic mass is 10.1. The van der Waals surface area contributed by atoms with E-state index in [0.717, 1.165) is 32.5 Å². The summed E-state index contributed by atoms with van der Waals surface area (Å²) in [5.41, 5.74) is -0.0140. The van der Waals surface area contributed by atoms with Gasteiger partial charge in [0.05, 0.1) is 0 Å². The van der Waals surface area contributed by atoms with Crippen LogP contribution in [0.15, 0.2) is 17.2 Å². The molecule has 1 aliphatic rings. The first-order valence-corrected chi connectivity index (χ1v) is 6.23. The second kappa shape index (κ2) is 5.31. The fourth-order valence-corrected chi connectivity index (χ4v) is 2.36. The summed E-state index contributed by atoms with van der Waals surface area (Å²) in [6.07, 6.45) is 5.67. The first-order valence-electron chi connectivity index (χ1n) is 6.23. The first-order chi connectivity index (χ1) is 8.24. The molecule has 94 valence electrons. The molecule has 1 aliphatic heterocycles. The van der Waals surface area contributed by atoms with Gasteiger partial charge >= 0.3 is 0 Å². The molecule has 1 fully saturated rings. The molecule has 1 saturated heterocycles. The Kier molecular flexibility index (Phi) is 3.78. The molecule has 2 heterocycles. The zero-order chi connectivity index (χ0) is 12.3. The molecule has 0 spiro atoms. The molecule has 1 atom stereocenters. The van der Waals surface area contributed by atoms with E-state index in [1.807, 2.05) is 0 Å². The quantitative estimate of drug-likeness (QED) is 0.823. The molecular weight excluding hydrogens is 216 g/mol. The van der Waals surface area contributed by atoms with E-state index in [1.54, 1.807) is 24.0 Å². The van der Waals surface area contributed by atoms with Crippen molar-refractivity contribution >= 4 is 5.82 Å². The minimum atomic E-state index is -0.0140.